The summed E-state index contributed by atoms with van der Waals surface area (Å²) in [6.45, 7) is 0.0928. The van der Waals surface area contributed by atoms with Gasteiger partial charge in [0, 0.05) is 23.0 Å². The van der Waals surface area contributed by atoms with E-state index in [0.717, 1.165) is 25.7 Å². The average molecular weight is 330 g/mol. The van der Waals surface area contributed by atoms with Crippen molar-refractivity contribution in [3.8, 4) is 0 Å². The molecular weight excluding hydrogens is 313 g/mol. The van der Waals surface area contributed by atoms with Gasteiger partial charge in [0.05, 0.1) is 5.56 Å². The maximum absolute atomic E-state index is 13.0. The first-order valence-corrected chi connectivity index (χ1v) is 7.28. The van der Waals surface area contributed by atoms with Gasteiger partial charge in [0.1, 0.15) is 5.82 Å². The maximum Gasteiger partial charge on any atom is 0.252 e. The number of benzene rings is 1. The highest BCUT2D eigenvalue weighted by Crippen LogP contribution is 2.25. The normalized spacial score (nSPS) is 23.1. The van der Waals surface area contributed by atoms with Crippen molar-refractivity contribution >= 4 is 21.8 Å². The van der Waals surface area contributed by atoms with E-state index in [-0.39, 0.29) is 30.3 Å². The van der Waals surface area contributed by atoms with Gasteiger partial charge in [-0.25, -0.2) is 4.39 Å². The molecule has 0 heterocycles. The summed E-state index contributed by atoms with van der Waals surface area (Å²) in [5.41, 5.74) is 0.420. The molecule has 0 bridgehead atoms. The minimum Gasteiger partial charge on any atom is -0.396 e. The van der Waals surface area contributed by atoms with E-state index < -0.39 is 0 Å². The highest BCUT2D eigenvalue weighted by atomic mass is 79.9. The smallest absolute Gasteiger partial charge is 0.252 e. The third kappa shape index (κ3) is 3.54. The Morgan fingerprint density at radius 3 is 2.84 bits per heavy atom. The maximum atomic E-state index is 13.0. The second-order valence-corrected chi connectivity index (χ2v) is 5.79. The first-order valence-electron chi connectivity index (χ1n) is 6.48. The van der Waals surface area contributed by atoms with Crippen molar-refractivity contribution in [3.63, 3.8) is 0 Å². The van der Waals surface area contributed by atoms with Gasteiger partial charge >= 0.3 is 0 Å². The third-order valence-corrected chi connectivity index (χ3v) is 4.29. The van der Waals surface area contributed by atoms with E-state index in [1.54, 1.807) is 0 Å². The van der Waals surface area contributed by atoms with Crippen LogP contribution in [0.25, 0.3) is 0 Å². The largest absolute Gasteiger partial charge is 0.396 e. The van der Waals surface area contributed by atoms with Gasteiger partial charge in [-0.15, -0.1) is 0 Å². The average Bonchev–Trinajstić information content (AvgIpc) is 2.39. The molecule has 5 heteroatoms. The Morgan fingerprint density at radius 1 is 1.42 bits per heavy atom. The molecule has 2 unspecified atom stereocenters. The molecule has 0 radical (unpaired) electrons. The molecular formula is C14H17BrFNO2. The van der Waals surface area contributed by atoms with Gasteiger partial charge in [0.25, 0.3) is 5.91 Å². The number of aliphatic hydroxyl groups is 1. The number of hydrogen-bond acceptors (Lipinski definition) is 2. The molecule has 19 heavy (non-hydrogen) atoms. The summed E-state index contributed by atoms with van der Waals surface area (Å²) in [6.07, 6.45) is 3.98. The number of amides is 1. The topological polar surface area (TPSA) is 49.3 Å². The Hall–Kier alpha value is -0.940. The molecule has 1 aliphatic carbocycles. The van der Waals surface area contributed by atoms with Crippen molar-refractivity contribution in [1.29, 1.82) is 0 Å². The molecule has 3 nitrogen and oxygen atoms in total. The SMILES string of the molecule is O=C(NC1CCCCC1CO)c1ccc(F)cc1Br. The van der Waals surface area contributed by atoms with E-state index >= 15 is 0 Å². The van der Waals surface area contributed by atoms with Crippen LogP contribution in [0.2, 0.25) is 0 Å². The molecule has 0 aromatic heterocycles. The van der Waals surface area contributed by atoms with Crippen molar-refractivity contribution in [3.05, 3.63) is 34.1 Å². The van der Waals surface area contributed by atoms with Crippen molar-refractivity contribution < 1.29 is 14.3 Å². The van der Waals surface area contributed by atoms with E-state index in [9.17, 15) is 14.3 Å². The van der Waals surface area contributed by atoms with Crippen molar-refractivity contribution in [2.75, 3.05) is 6.61 Å². The van der Waals surface area contributed by atoms with Crippen molar-refractivity contribution in [2.24, 2.45) is 5.92 Å². The fourth-order valence-corrected chi connectivity index (χ4v) is 3.07. The fourth-order valence-electron chi connectivity index (χ4n) is 2.54. The van der Waals surface area contributed by atoms with Crippen LogP contribution in [-0.4, -0.2) is 23.7 Å². The van der Waals surface area contributed by atoms with Gasteiger partial charge in [-0.05, 0) is 47.0 Å². The zero-order valence-electron chi connectivity index (χ0n) is 10.5. The Labute approximate surface area is 120 Å². The lowest BCUT2D eigenvalue weighted by Gasteiger charge is -2.31. The van der Waals surface area contributed by atoms with E-state index in [0.29, 0.717) is 10.0 Å². The number of carbonyl (C=O) groups excluding carboxylic acids is 1. The van der Waals surface area contributed by atoms with Gasteiger partial charge in [-0.3, -0.25) is 4.79 Å². The van der Waals surface area contributed by atoms with Crippen LogP contribution >= 0.6 is 15.9 Å². The summed E-state index contributed by atoms with van der Waals surface area (Å²) in [5, 5.41) is 12.3. The molecule has 2 rings (SSSR count). The lowest BCUT2D eigenvalue weighted by Crippen LogP contribution is -2.43. The van der Waals surface area contributed by atoms with E-state index in [2.05, 4.69) is 21.2 Å². The molecule has 2 atom stereocenters. The van der Waals surface area contributed by atoms with E-state index in [1.807, 2.05) is 0 Å². The van der Waals surface area contributed by atoms with Crippen molar-refractivity contribution in [1.82, 2.24) is 5.32 Å². The van der Waals surface area contributed by atoms with Gasteiger partial charge in [-0.2, -0.15) is 0 Å². The molecule has 1 amide bonds. The molecule has 0 aliphatic heterocycles. The van der Waals surface area contributed by atoms with Crippen molar-refractivity contribution in [2.45, 2.75) is 31.7 Å². The number of hydrogen-bond donors (Lipinski definition) is 2. The van der Waals surface area contributed by atoms with Crippen LogP contribution in [0, 0.1) is 11.7 Å². The monoisotopic (exact) mass is 329 g/mol. The molecule has 0 saturated heterocycles. The van der Waals surface area contributed by atoms with Crippen LogP contribution in [-0.2, 0) is 0 Å². The molecule has 1 saturated carbocycles. The standard InChI is InChI=1S/C14H17BrFNO2/c15-12-7-10(16)5-6-11(12)14(19)17-13-4-2-1-3-9(13)8-18/h5-7,9,13,18H,1-4,8H2,(H,17,19). The summed E-state index contributed by atoms with van der Waals surface area (Å²) < 4.78 is 13.4. The number of rotatable bonds is 3. The predicted octanol–water partition coefficient (Wildman–Crippen LogP) is 2.87. The van der Waals surface area contributed by atoms with Crippen LogP contribution < -0.4 is 5.32 Å². The number of nitrogens with one attached hydrogen (secondary N) is 1. The molecule has 1 aromatic carbocycles. The van der Waals surface area contributed by atoms with Crippen LogP contribution in [0.1, 0.15) is 36.0 Å². The first kappa shape index (κ1) is 14.5. The van der Waals surface area contributed by atoms with Gasteiger partial charge in [0.15, 0.2) is 0 Å². The van der Waals surface area contributed by atoms with E-state index in [4.69, 9.17) is 0 Å². The number of halogens is 2. The fraction of sp³-hybridized carbons (Fsp3) is 0.500. The summed E-state index contributed by atoms with van der Waals surface area (Å²) in [7, 11) is 0. The Morgan fingerprint density at radius 2 is 2.16 bits per heavy atom. The Bertz CT molecular complexity index is 467. The van der Waals surface area contributed by atoms with Crippen LogP contribution in [0.4, 0.5) is 4.39 Å². The molecule has 1 aliphatic rings. The highest BCUT2D eigenvalue weighted by Gasteiger charge is 2.26. The summed E-state index contributed by atoms with van der Waals surface area (Å²) >= 11 is 3.19. The highest BCUT2D eigenvalue weighted by molar-refractivity contribution is 9.10. The quantitative estimate of drug-likeness (QED) is 0.895. The van der Waals surface area contributed by atoms with Crippen LogP contribution in [0.3, 0.4) is 0 Å². The van der Waals surface area contributed by atoms with E-state index in [1.165, 1.54) is 18.2 Å². The number of aliphatic hydroxyl groups excluding tert-OH is 1. The second kappa shape index (κ2) is 6.48. The Balaban J connectivity index is 2.07. The van der Waals surface area contributed by atoms with Gasteiger partial charge in [0.2, 0.25) is 0 Å². The summed E-state index contributed by atoms with van der Waals surface area (Å²) in [4.78, 5) is 12.2. The first-order chi connectivity index (χ1) is 9.11. The lowest BCUT2D eigenvalue weighted by molar-refractivity contribution is 0.0872. The van der Waals surface area contributed by atoms with Crippen LogP contribution in [0.15, 0.2) is 22.7 Å². The lowest BCUT2D eigenvalue weighted by atomic mass is 9.85. The van der Waals surface area contributed by atoms with Crippen LogP contribution in [0.5, 0.6) is 0 Å². The number of carbonyl (C=O) groups is 1. The minimum atomic E-state index is -0.380. The minimum absolute atomic E-state index is 0.00297. The predicted molar refractivity (Wildman–Crippen MR) is 74.4 cm³/mol. The van der Waals surface area contributed by atoms with Gasteiger partial charge < -0.3 is 10.4 Å². The molecule has 1 fully saturated rings. The third-order valence-electron chi connectivity index (χ3n) is 3.64. The summed E-state index contributed by atoms with van der Waals surface area (Å²) in [5.74, 6) is -0.483. The molecule has 0 spiro atoms. The molecule has 1 aromatic rings. The summed E-state index contributed by atoms with van der Waals surface area (Å²) in [6, 6.07) is 4.01. The zero-order valence-corrected chi connectivity index (χ0v) is 12.1. The molecule has 2 N–H and O–H groups in total. The second-order valence-electron chi connectivity index (χ2n) is 4.93. The zero-order chi connectivity index (χ0) is 13.8. The van der Waals surface area contributed by atoms with Gasteiger partial charge in [-0.1, -0.05) is 12.8 Å². The molecule has 104 valence electrons. The Kier molecular flexibility index (Phi) is 4.93.